The quantitative estimate of drug-likeness (QED) is 0.304. The van der Waals surface area contributed by atoms with Crippen molar-refractivity contribution in [3.05, 3.63) is 55.7 Å². The molecule has 0 bridgehead atoms. The molecule has 0 aliphatic carbocycles. The summed E-state index contributed by atoms with van der Waals surface area (Å²) >= 11 is 0.103. The van der Waals surface area contributed by atoms with Gasteiger partial charge in [-0.2, -0.15) is 0 Å². The maximum absolute atomic E-state index is 8.63. The van der Waals surface area contributed by atoms with E-state index in [1.54, 1.807) is 7.14 Å². The number of benzene rings is 2. The Hall–Kier alpha value is -0.960. The molecular formula is C12H9IO4S. The number of fused-ring (bicyclic) bond motifs is 3. The molecule has 3 rings (SSSR count). The van der Waals surface area contributed by atoms with Crippen LogP contribution in [0.25, 0.3) is 11.1 Å². The number of hydrogen-bond acceptors (Lipinski definition) is 3. The van der Waals surface area contributed by atoms with E-state index < -0.39 is 10.4 Å². The lowest BCUT2D eigenvalue weighted by Gasteiger charge is -1.91. The van der Waals surface area contributed by atoms with Crippen molar-refractivity contribution in [3.8, 4) is 11.1 Å². The Kier molecular flexibility index (Phi) is 4.00. The smallest absolute Gasteiger partial charge is 0.359 e. The average molecular weight is 376 g/mol. The Morgan fingerprint density at radius 2 is 1.22 bits per heavy atom. The van der Waals surface area contributed by atoms with E-state index in [1.165, 1.54) is 11.1 Å². The van der Waals surface area contributed by atoms with Gasteiger partial charge in [0, 0.05) is 11.1 Å². The summed E-state index contributed by atoms with van der Waals surface area (Å²) in [5.74, 6) is 0. The standard InChI is InChI=1S/C12H8I.H2O4S/c1-3-7-11-9(5-1)10-6-2-4-8-12(10)13-11;1-5(2,3)4/h1-8H;(H2,1,2,3,4)/q+1;/p-1. The van der Waals surface area contributed by atoms with Gasteiger partial charge in [-0.15, -0.1) is 0 Å². The van der Waals surface area contributed by atoms with Crippen molar-refractivity contribution in [3.63, 3.8) is 0 Å². The van der Waals surface area contributed by atoms with Gasteiger partial charge >= 0.3 is 21.2 Å². The van der Waals surface area contributed by atoms with Crippen LogP contribution in [0.3, 0.4) is 0 Å². The van der Waals surface area contributed by atoms with Gasteiger partial charge in [-0.1, -0.05) is 24.3 Å². The molecule has 0 atom stereocenters. The molecule has 0 radical (unpaired) electrons. The first-order valence-corrected chi connectivity index (χ1v) is 8.49. The summed E-state index contributed by atoms with van der Waals surface area (Å²) in [5.41, 5.74) is 2.93. The molecule has 0 fully saturated rings. The predicted molar refractivity (Wildman–Crippen MR) is 61.6 cm³/mol. The maximum Gasteiger partial charge on any atom is 0.359 e. The van der Waals surface area contributed by atoms with Crippen molar-refractivity contribution in [2.24, 2.45) is 0 Å². The van der Waals surface area contributed by atoms with Crippen molar-refractivity contribution in [1.82, 2.24) is 0 Å². The Morgan fingerprint density at radius 3 is 1.61 bits per heavy atom. The van der Waals surface area contributed by atoms with Crippen molar-refractivity contribution >= 4 is 10.4 Å². The Labute approximate surface area is 116 Å². The summed E-state index contributed by atoms with van der Waals surface area (Å²) in [6.07, 6.45) is 0. The van der Waals surface area contributed by atoms with E-state index in [0.717, 1.165) is 0 Å². The number of halogens is 1. The van der Waals surface area contributed by atoms with Crippen LogP contribution in [-0.4, -0.2) is 17.5 Å². The van der Waals surface area contributed by atoms with Crippen LogP contribution in [0.5, 0.6) is 0 Å². The lowest BCUT2D eigenvalue weighted by Crippen LogP contribution is -3.61. The van der Waals surface area contributed by atoms with Crippen LogP contribution >= 0.6 is 0 Å². The van der Waals surface area contributed by atoms with Crippen LogP contribution in [0.15, 0.2) is 48.5 Å². The lowest BCUT2D eigenvalue weighted by atomic mass is 10.1. The highest BCUT2D eigenvalue weighted by Gasteiger charge is 2.31. The van der Waals surface area contributed by atoms with Crippen molar-refractivity contribution in [2.45, 2.75) is 0 Å². The molecule has 1 aliphatic heterocycles. The predicted octanol–water partition coefficient (Wildman–Crippen LogP) is -1.20. The number of rotatable bonds is 0. The van der Waals surface area contributed by atoms with Crippen molar-refractivity contribution in [2.75, 3.05) is 0 Å². The Morgan fingerprint density at radius 1 is 0.889 bits per heavy atom. The summed E-state index contributed by atoms with van der Waals surface area (Å²) in [7, 11) is -4.92. The lowest BCUT2D eigenvalue weighted by molar-refractivity contribution is -0.589. The molecule has 0 unspecified atom stereocenters. The third kappa shape index (κ3) is 3.52. The highest BCUT2D eigenvalue weighted by Crippen LogP contribution is 2.21. The second kappa shape index (κ2) is 5.35. The molecule has 0 aromatic heterocycles. The van der Waals surface area contributed by atoms with Crippen LogP contribution in [0, 0.1) is 7.14 Å². The average Bonchev–Trinajstić information content (AvgIpc) is 2.65. The molecular weight excluding hydrogens is 367 g/mol. The molecule has 0 amide bonds. The zero-order chi connectivity index (χ0) is 13.2. The van der Waals surface area contributed by atoms with E-state index in [9.17, 15) is 0 Å². The zero-order valence-corrected chi connectivity index (χ0v) is 12.1. The van der Waals surface area contributed by atoms with E-state index in [1.807, 2.05) is 0 Å². The van der Waals surface area contributed by atoms with Crippen LogP contribution in [0.2, 0.25) is 0 Å². The first-order valence-electron chi connectivity index (χ1n) is 4.97. The third-order valence-corrected chi connectivity index (χ3v) is 5.29. The fourth-order valence-electron chi connectivity index (χ4n) is 1.63. The summed E-state index contributed by atoms with van der Waals surface area (Å²) in [6, 6.07) is 17.6. The molecule has 0 spiro atoms. The molecule has 2 aromatic carbocycles. The number of hydrogen-bond donors (Lipinski definition) is 1. The van der Waals surface area contributed by atoms with E-state index in [2.05, 4.69) is 48.5 Å². The summed E-state index contributed by atoms with van der Waals surface area (Å²) in [5, 5.41) is 0. The fourth-order valence-corrected chi connectivity index (χ4v) is 4.56. The van der Waals surface area contributed by atoms with E-state index >= 15 is 0 Å². The first-order chi connectivity index (χ1) is 8.45. The minimum absolute atomic E-state index is 0.103. The molecule has 1 aliphatic rings. The molecule has 6 heteroatoms. The van der Waals surface area contributed by atoms with Gasteiger partial charge in [0.2, 0.25) is 17.5 Å². The van der Waals surface area contributed by atoms with E-state index in [-0.39, 0.29) is 21.2 Å². The summed E-state index contributed by atoms with van der Waals surface area (Å²) in [6.45, 7) is 0. The van der Waals surface area contributed by atoms with Gasteiger partial charge in [-0.25, -0.2) is 8.42 Å². The second-order valence-corrected chi connectivity index (χ2v) is 7.20. The largest absolute Gasteiger partial charge is 0.726 e. The highest BCUT2D eigenvalue weighted by atomic mass is 127. The monoisotopic (exact) mass is 376 g/mol. The second-order valence-electron chi connectivity index (χ2n) is 3.48. The SMILES string of the molecule is O=S(=O)([O-])O.c1ccc2c(c1)[I+]c1ccccc1-2. The summed E-state index contributed by atoms with van der Waals surface area (Å²) < 4.78 is 36.0. The highest BCUT2D eigenvalue weighted by molar-refractivity contribution is 7.79. The van der Waals surface area contributed by atoms with E-state index in [4.69, 9.17) is 17.5 Å². The van der Waals surface area contributed by atoms with Crippen LogP contribution < -0.4 is 21.2 Å². The molecule has 1 heterocycles. The Bertz CT molecular complexity index is 616. The van der Waals surface area contributed by atoms with Crippen molar-refractivity contribution < 1.29 is 38.7 Å². The minimum atomic E-state index is -4.92. The topological polar surface area (TPSA) is 77.4 Å². The van der Waals surface area contributed by atoms with Crippen LogP contribution in [0.1, 0.15) is 0 Å². The van der Waals surface area contributed by atoms with Gasteiger partial charge in [-0.05, 0) is 24.3 Å². The molecule has 4 nitrogen and oxygen atoms in total. The molecule has 18 heavy (non-hydrogen) atoms. The minimum Gasteiger partial charge on any atom is -0.726 e. The fraction of sp³-hybridized carbons (Fsp3) is 0. The molecule has 0 saturated carbocycles. The Balaban J connectivity index is 0.000000209. The van der Waals surface area contributed by atoms with Gasteiger partial charge in [0.1, 0.15) is 0 Å². The van der Waals surface area contributed by atoms with Crippen LogP contribution in [0.4, 0.5) is 0 Å². The molecule has 1 N–H and O–H groups in total. The van der Waals surface area contributed by atoms with Gasteiger partial charge in [0.05, 0.1) is 0 Å². The van der Waals surface area contributed by atoms with Gasteiger partial charge < -0.3 is 4.55 Å². The van der Waals surface area contributed by atoms with Crippen molar-refractivity contribution in [1.29, 1.82) is 0 Å². The molecule has 2 aromatic rings. The third-order valence-electron chi connectivity index (χ3n) is 2.24. The van der Waals surface area contributed by atoms with Gasteiger partial charge in [0.25, 0.3) is 0 Å². The zero-order valence-electron chi connectivity index (χ0n) is 9.08. The van der Waals surface area contributed by atoms with E-state index in [0.29, 0.717) is 0 Å². The molecule has 94 valence electrons. The van der Waals surface area contributed by atoms with Gasteiger partial charge in [-0.3, -0.25) is 4.55 Å². The molecule has 0 saturated heterocycles. The first kappa shape index (κ1) is 13.5. The van der Waals surface area contributed by atoms with Crippen LogP contribution in [-0.2, 0) is 10.4 Å². The van der Waals surface area contributed by atoms with Gasteiger partial charge in [0.15, 0.2) is 0 Å². The normalized spacial score (nSPS) is 12.1. The summed E-state index contributed by atoms with van der Waals surface area (Å²) in [4.78, 5) is 0. The maximum atomic E-state index is 8.63.